The van der Waals surface area contributed by atoms with Gasteiger partial charge in [0.1, 0.15) is 18.1 Å². The average molecular weight is 291 g/mol. The minimum absolute atomic E-state index is 0.0156. The number of hydrogen-bond acceptors (Lipinski definition) is 5. The topological polar surface area (TPSA) is 73.9 Å². The largest absolute Gasteiger partial charge is 0.489 e. The summed E-state index contributed by atoms with van der Waals surface area (Å²) in [5.74, 6) is 0.512. The van der Waals surface area contributed by atoms with Crippen LogP contribution in [0.5, 0.6) is 11.5 Å². The summed E-state index contributed by atoms with van der Waals surface area (Å²) in [6, 6.07) is 6.73. The van der Waals surface area contributed by atoms with E-state index in [4.69, 9.17) is 9.47 Å². The van der Waals surface area contributed by atoms with Gasteiger partial charge in [-0.2, -0.15) is 0 Å². The maximum absolute atomic E-state index is 11.6. The molecule has 1 rings (SSSR count). The van der Waals surface area contributed by atoms with Gasteiger partial charge >= 0.3 is 12.1 Å². The number of benzene rings is 1. The van der Waals surface area contributed by atoms with Gasteiger partial charge < -0.3 is 14.2 Å². The monoisotopic (exact) mass is 291 g/mol. The summed E-state index contributed by atoms with van der Waals surface area (Å²) >= 11 is 0. The summed E-state index contributed by atoms with van der Waals surface area (Å²) < 4.78 is 14.8. The van der Waals surface area contributed by atoms with Crippen molar-refractivity contribution >= 4 is 12.1 Å². The van der Waals surface area contributed by atoms with Crippen molar-refractivity contribution in [1.29, 1.82) is 0 Å². The lowest BCUT2D eigenvalue weighted by Gasteiger charge is -2.06. The van der Waals surface area contributed by atoms with Crippen LogP contribution >= 0.6 is 0 Å². The summed E-state index contributed by atoms with van der Waals surface area (Å²) in [6.45, 7) is 3.92. The maximum Gasteiger partial charge on any atom is 0.410 e. The minimum atomic E-state index is -0.605. The molecule has 6 heteroatoms. The second-order valence-electron chi connectivity index (χ2n) is 3.79. The van der Waals surface area contributed by atoms with E-state index in [9.17, 15) is 9.59 Å². The highest BCUT2D eigenvalue weighted by atomic mass is 16.5. The molecule has 1 aromatic carbocycles. The highest BCUT2D eigenvalue weighted by Gasteiger charge is 2.04. The Hall–Kier alpha value is -2.76. The van der Waals surface area contributed by atoms with Gasteiger partial charge in [0, 0.05) is 12.3 Å². The lowest BCUT2D eigenvalue weighted by Crippen LogP contribution is -2.16. The summed E-state index contributed by atoms with van der Waals surface area (Å²) in [6.07, 6.45) is 3.81. The van der Waals surface area contributed by atoms with E-state index < -0.39 is 12.1 Å². The number of amides is 1. The van der Waals surface area contributed by atoms with Crippen LogP contribution in [-0.2, 0) is 9.53 Å². The molecule has 0 spiro atoms. The Labute approximate surface area is 123 Å². The van der Waals surface area contributed by atoms with E-state index in [1.807, 2.05) is 0 Å². The molecule has 0 bridgehead atoms. The van der Waals surface area contributed by atoms with Crippen molar-refractivity contribution in [2.75, 3.05) is 13.7 Å². The lowest BCUT2D eigenvalue weighted by molar-refractivity contribution is -0.133. The van der Waals surface area contributed by atoms with Gasteiger partial charge in [0.2, 0.25) is 0 Å². The second kappa shape index (κ2) is 9.19. The van der Waals surface area contributed by atoms with Crippen molar-refractivity contribution in [2.45, 2.75) is 6.42 Å². The van der Waals surface area contributed by atoms with Crippen molar-refractivity contribution in [1.82, 2.24) is 5.32 Å². The zero-order valence-electron chi connectivity index (χ0n) is 11.7. The lowest BCUT2D eigenvalue weighted by atomic mass is 10.3. The van der Waals surface area contributed by atoms with Gasteiger partial charge in [-0.15, -0.1) is 0 Å². The van der Waals surface area contributed by atoms with E-state index in [0.29, 0.717) is 18.1 Å². The molecule has 0 heterocycles. The first-order chi connectivity index (χ1) is 10.2. The van der Waals surface area contributed by atoms with E-state index in [1.165, 1.54) is 19.4 Å². The molecule has 0 atom stereocenters. The van der Waals surface area contributed by atoms with Crippen LogP contribution < -0.4 is 14.8 Å². The Morgan fingerprint density at radius 2 is 2.10 bits per heavy atom. The van der Waals surface area contributed by atoms with E-state index in [2.05, 4.69) is 16.6 Å². The fourth-order valence-corrected chi connectivity index (χ4v) is 1.30. The van der Waals surface area contributed by atoms with E-state index in [1.54, 1.807) is 30.3 Å². The van der Waals surface area contributed by atoms with Crippen molar-refractivity contribution < 1.29 is 23.8 Å². The third-order valence-corrected chi connectivity index (χ3v) is 2.19. The van der Waals surface area contributed by atoms with Gasteiger partial charge in [0.05, 0.1) is 13.5 Å². The van der Waals surface area contributed by atoms with Gasteiger partial charge in [0.15, 0.2) is 0 Å². The number of nitrogens with one attached hydrogen (secondary N) is 1. The summed E-state index contributed by atoms with van der Waals surface area (Å²) in [5.41, 5.74) is 0. The smallest absolute Gasteiger partial charge is 0.410 e. The molecule has 1 amide bonds. The number of carbonyl (C=O) groups excluding carboxylic acids is 2. The van der Waals surface area contributed by atoms with Gasteiger partial charge in [0.25, 0.3) is 0 Å². The third-order valence-electron chi connectivity index (χ3n) is 2.19. The molecule has 6 nitrogen and oxygen atoms in total. The first-order valence-electron chi connectivity index (χ1n) is 6.19. The highest BCUT2D eigenvalue weighted by molar-refractivity contribution is 5.74. The Bertz CT molecular complexity index is 525. The van der Waals surface area contributed by atoms with Crippen molar-refractivity contribution in [2.24, 2.45) is 0 Å². The standard InChI is InChI=1S/C15H17NO5/c1-3-10-20-12-6-4-7-13(11-12)21-14(17)8-5-9-16-15(18)19-2/h3-7,9,11H,1,8,10H2,2H3,(H,16,18)/b9-5+. The highest BCUT2D eigenvalue weighted by Crippen LogP contribution is 2.19. The third kappa shape index (κ3) is 6.81. The predicted molar refractivity (Wildman–Crippen MR) is 77.1 cm³/mol. The zero-order valence-corrected chi connectivity index (χ0v) is 11.7. The molecule has 21 heavy (non-hydrogen) atoms. The molecular weight excluding hydrogens is 274 g/mol. The van der Waals surface area contributed by atoms with Crippen molar-refractivity contribution in [3.05, 3.63) is 49.2 Å². The van der Waals surface area contributed by atoms with E-state index >= 15 is 0 Å². The molecule has 0 aromatic heterocycles. The van der Waals surface area contributed by atoms with E-state index in [0.717, 1.165) is 0 Å². The number of alkyl carbamates (subject to hydrolysis) is 1. The summed E-state index contributed by atoms with van der Waals surface area (Å²) in [7, 11) is 1.25. The number of hydrogen-bond donors (Lipinski definition) is 1. The SMILES string of the molecule is C=CCOc1cccc(OC(=O)C/C=C/NC(=O)OC)c1. The first kappa shape index (κ1) is 16.3. The Morgan fingerprint density at radius 1 is 1.33 bits per heavy atom. The fourth-order valence-electron chi connectivity index (χ4n) is 1.30. The quantitative estimate of drug-likeness (QED) is 0.474. The van der Waals surface area contributed by atoms with Crippen molar-refractivity contribution in [3.8, 4) is 11.5 Å². The molecule has 1 N–H and O–H groups in total. The Kier molecular flexibility index (Phi) is 7.13. The molecule has 0 radical (unpaired) electrons. The number of methoxy groups -OCH3 is 1. The van der Waals surface area contributed by atoms with Crippen molar-refractivity contribution in [3.63, 3.8) is 0 Å². The summed E-state index contributed by atoms with van der Waals surface area (Å²) in [5, 5.41) is 2.30. The second-order valence-corrected chi connectivity index (χ2v) is 3.79. The average Bonchev–Trinajstić information content (AvgIpc) is 2.49. The van der Waals surface area contributed by atoms with Crippen LogP contribution in [0.1, 0.15) is 6.42 Å². The molecular formula is C15H17NO5. The van der Waals surface area contributed by atoms with E-state index in [-0.39, 0.29) is 6.42 Å². The molecule has 0 saturated carbocycles. The van der Waals surface area contributed by atoms with Crippen LogP contribution in [-0.4, -0.2) is 25.8 Å². The molecule has 0 saturated heterocycles. The minimum Gasteiger partial charge on any atom is -0.489 e. The van der Waals surface area contributed by atoms with Gasteiger partial charge in [-0.25, -0.2) is 4.79 Å². The molecule has 0 aliphatic rings. The van der Waals surface area contributed by atoms with Crippen LogP contribution in [0.2, 0.25) is 0 Å². The fraction of sp³-hybridized carbons (Fsp3) is 0.200. The molecule has 0 aliphatic heterocycles. The Balaban J connectivity index is 2.43. The molecule has 0 fully saturated rings. The number of rotatable bonds is 7. The van der Waals surface area contributed by atoms with Crippen LogP contribution in [0, 0.1) is 0 Å². The van der Waals surface area contributed by atoms with Gasteiger partial charge in [-0.05, 0) is 12.1 Å². The van der Waals surface area contributed by atoms with Crippen LogP contribution in [0.3, 0.4) is 0 Å². The number of esters is 1. The van der Waals surface area contributed by atoms with Crippen LogP contribution in [0.25, 0.3) is 0 Å². The zero-order chi connectivity index (χ0) is 15.5. The molecule has 0 aliphatic carbocycles. The van der Waals surface area contributed by atoms with Crippen LogP contribution in [0.4, 0.5) is 4.79 Å². The predicted octanol–water partition coefficient (Wildman–Crippen LogP) is 2.42. The first-order valence-corrected chi connectivity index (χ1v) is 6.19. The molecule has 112 valence electrons. The number of carbonyl (C=O) groups is 2. The normalized spacial score (nSPS) is 9.95. The van der Waals surface area contributed by atoms with Crippen LogP contribution in [0.15, 0.2) is 49.2 Å². The summed E-state index contributed by atoms with van der Waals surface area (Å²) in [4.78, 5) is 22.3. The molecule has 0 unspecified atom stereocenters. The maximum atomic E-state index is 11.6. The van der Waals surface area contributed by atoms with Gasteiger partial charge in [-0.3, -0.25) is 10.1 Å². The Morgan fingerprint density at radius 3 is 2.81 bits per heavy atom. The molecule has 1 aromatic rings. The number of ether oxygens (including phenoxy) is 3. The van der Waals surface area contributed by atoms with Gasteiger partial charge in [-0.1, -0.05) is 24.8 Å².